The second kappa shape index (κ2) is 8.48. The summed E-state index contributed by atoms with van der Waals surface area (Å²) in [6.07, 6.45) is 9.71. The summed E-state index contributed by atoms with van der Waals surface area (Å²) in [5, 5.41) is 3.62. The minimum absolute atomic E-state index is 0.311. The Morgan fingerprint density at radius 1 is 1.30 bits per heavy atom. The lowest BCUT2D eigenvalue weighted by molar-refractivity contribution is -0.0180. The molecule has 0 aliphatic heterocycles. The fourth-order valence-electron chi connectivity index (χ4n) is 3.45. The average Bonchev–Trinajstić information content (AvgIpc) is 2.98. The maximum absolute atomic E-state index is 6.14. The van der Waals surface area contributed by atoms with Crippen molar-refractivity contribution >= 4 is 0 Å². The van der Waals surface area contributed by atoms with E-state index in [4.69, 9.17) is 9.15 Å². The molecule has 1 saturated carbocycles. The maximum atomic E-state index is 6.14. The minimum Gasteiger partial charge on any atom is -0.469 e. The summed E-state index contributed by atoms with van der Waals surface area (Å²) in [4.78, 5) is 0. The Morgan fingerprint density at radius 3 is 2.70 bits per heavy atom. The third-order valence-corrected chi connectivity index (χ3v) is 4.34. The van der Waals surface area contributed by atoms with Gasteiger partial charge < -0.3 is 14.5 Å². The van der Waals surface area contributed by atoms with E-state index in [2.05, 4.69) is 25.2 Å². The molecule has 2 rings (SSSR count). The van der Waals surface area contributed by atoms with Crippen LogP contribution in [0.5, 0.6) is 0 Å². The van der Waals surface area contributed by atoms with Crippen molar-refractivity contribution in [2.75, 3.05) is 13.2 Å². The van der Waals surface area contributed by atoms with Crippen LogP contribution < -0.4 is 5.32 Å². The Morgan fingerprint density at radius 2 is 2.10 bits per heavy atom. The number of furan rings is 1. The molecule has 1 aliphatic carbocycles. The van der Waals surface area contributed by atoms with Gasteiger partial charge in [-0.3, -0.25) is 0 Å². The van der Waals surface area contributed by atoms with Gasteiger partial charge >= 0.3 is 0 Å². The van der Waals surface area contributed by atoms with Crippen molar-refractivity contribution in [2.45, 2.75) is 64.5 Å². The summed E-state index contributed by atoms with van der Waals surface area (Å²) in [7, 11) is 0. The molecule has 20 heavy (non-hydrogen) atoms. The van der Waals surface area contributed by atoms with Crippen molar-refractivity contribution in [1.82, 2.24) is 5.32 Å². The van der Waals surface area contributed by atoms with Crippen molar-refractivity contribution in [2.24, 2.45) is 5.92 Å². The van der Waals surface area contributed by atoms with E-state index in [1.807, 2.05) is 6.07 Å². The number of ether oxygens (including phenoxy) is 1. The molecule has 1 fully saturated rings. The number of rotatable bonds is 8. The van der Waals surface area contributed by atoms with Gasteiger partial charge in [-0.05, 0) is 44.4 Å². The molecule has 0 aromatic carbocycles. The van der Waals surface area contributed by atoms with Crippen LogP contribution >= 0.6 is 0 Å². The lowest BCUT2D eigenvalue weighted by Gasteiger charge is -2.35. The Balaban J connectivity index is 2.04. The van der Waals surface area contributed by atoms with Gasteiger partial charge in [-0.2, -0.15) is 0 Å². The van der Waals surface area contributed by atoms with E-state index in [-0.39, 0.29) is 0 Å². The second-order valence-corrected chi connectivity index (χ2v) is 5.77. The van der Waals surface area contributed by atoms with Gasteiger partial charge in [-0.25, -0.2) is 0 Å². The largest absolute Gasteiger partial charge is 0.469 e. The fraction of sp³-hybridized carbons (Fsp3) is 0.765. The first-order valence-electron chi connectivity index (χ1n) is 8.22. The molecule has 0 radical (unpaired) electrons. The van der Waals surface area contributed by atoms with Crippen LogP contribution in [0.3, 0.4) is 0 Å². The highest BCUT2D eigenvalue weighted by Gasteiger charge is 2.31. The van der Waals surface area contributed by atoms with Crippen molar-refractivity contribution in [1.29, 1.82) is 0 Å². The summed E-state index contributed by atoms with van der Waals surface area (Å²) >= 11 is 0. The smallest absolute Gasteiger partial charge is 0.105 e. The summed E-state index contributed by atoms with van der Waals surface area (Å²) in [6.45, 7) is 6.04. The quantitative estimate of drug-likeness (QED) is 0.786. The van der Waals surface area contributed by atoms with Crippen LogP contribution in [0.15, 0.2) is 22.8 Å². The van der Waals surface area contributed by atoms with Crippen LogP contribution in [-0.2, 0) is 11.2 Å². The summed E-state index contributed by atoms with van der Waals surface area (Å²) in [6, 6.07) is 4.39. The third kappa shape index (κ3) is 4.35. The molecular weight excluding hydrogens is 250 g/mol. The molecule has 1 aromatic heterocycles. The summed E-state index contributed by atoms with van der Waals surface area (Å²) in [5.41, 5.74) is 0. The molecule has 3 heteroatoms. The lowest BCUT2D eigenvalue weighted by Crippen LogP contribution is -2.47. The van der Waals surface area contributed by atoms with Crippen LogP contribution in [0.25, 0.3) is 0 Å². The highest BCUT2D eigenvalue weighted by Crippen LogP contribution is 2.30. The zero-order valence-corrected chi connectivity index (χ0v) is 12.9. The first-order chi connectivity index (χ1) is 9.85. The molecule has 2 atom stereocenters. The number of hydrogen-bond acceptors (Lipinski definition) is 3. The highest BCUT2D eigenvalue weighted by atomic mass is 16.5. The minimum atomic E-state index is 0.311. The topological polar surface area (TPSA) is 34.4 Å². The molecule has 114 valence electrons. The molecule has 0 saturated heterocycles. The van der Waals surface area contributed by atoms with Crippen LogP contribution in [0, 0.1) is 5.92 Å². The first kappa shape index (κ1) is 15.6. The van der Waals surface area contributed by atoms with Crippen LogP contribution in [0.2, 0.25) is 0 Å². The molecule has 1 aromatic rings. The predicted molar refractivity (Wildman–Crippen MR) is 81.9 cm³/mol. The van der Waals surface area contributed by atoms with Gasteiger partial charge in [0.15, 0.2) is 0 Å². The average molecular weight is 279 g/mol. The van der Waals surface area contributed by atoms with Gasteiger partial charge in [0.05, 0.1) is 12.4 Å². The molecule has 0 spiro atoms. The first-order valence-corrected chi connectivity index (χ1v) is 8.22. The summed E-state index contributed by atoms with van der Waals surface area (Å²) < 4.78 is 11.7. The van der Waals surface area contributed by atoms with E-state index in [0.29, 0.717) is 18.1 Å². The molecule has 0 amide bonds. The standard InChI is InChI=1S/C17H29NO2/c1-3-18-16(13-15-11-8-12-20-15)17(19-4-2)14-9-6-5-7-10-14/h8,11-12,14,16-18H,3-7,9-10,13H2,1-2H3. The molecule has 1 aliphatic rings. The second-order valence-electron chi connectivity index (χ2n) is 5.77. The number of nitrogens with one attached hydrogen (secondary N) is 1. The number of likely N-dealkylation sites (N-methyl/N-ethyl adjacent to an activating group) is 1. The predicted octanol–water partition coefficient (Wildman–Crippen LogP) is 3.79. The van der Waals surface area contributed by atoms with Gasteiger partial charge in [0.2, 0.25) is 0 Å². The van der Waals surface area contributed by atoms with E-state index in [1.54, 1.807) is 6.26 Å². The van der Waals surface area contributed by atoms with Crippen LogP contribution in [0.1, 0.15) is 51.7 Å². The monoisotopic (exact) mass is 279 g/mol. The van der Waals surface area contributed by atoms with E-state index >= 15 is 0 Å². The van der Waals surface area contributed by atoms with Gasteiger partial charge in [0.1, 0.15) is 5.76 Å². The molecule has 1 heterocycles. The van der Waals surface area contributed by atoms with Crippen molar-refractivity contribution < 1.29 is 9.15 Å². The lowest BCUT2D eigenvalue weighted by atomic mass is 9.81. The molecule has 0 bridgehead atoms. The van der Waals surface area contributed by atoms with Gasteiger partial charge in [0, 0.05) is 19.1 Å². The maximum Gasteiger partial charge on any atom is 0.105 e. The van der Waals surface area contributed by atoms with Crippen molar-refractivity contribution in [3.8, 4) is 0 Å². The third-order valence-electron chi connectivity index (χ3n) is 4.34. The Labute approximate surface area is 123 Å². The Kier molecular flexibility index (Phi) is 6.61. The SMILES string of the molecule is CCNC(Cc1ccco1)C(OCC)C1CCCCC1. The zero-order chi connectivity index (χ0) is 14.2. The van der Waals surface area contributed by atoms with E-state index in [9.17, 15) is 0 Å². The normalized spacial score (nSPS) is 19.9. The number of hydrogen-bond donors (Lipinski definition) is 1. The van der Waals surface area contributed by atoms with Crippen LogP contribution in [0.4, 0.5) is 0 Å². The van der Waals surface area contributed by atoms with E-state index in [1.165, 1.54) is 32.1 Å². The molecular formula is C17H29NO2. The molecule has 2 unspecified atom stereocenters. The molecule has 3 nitrogen and oxygen atoms in total. The van der Waals surface area contributed by atoms with Crippen molar-refractivity contribution in [3.63, 3.8) is 0 Å². The van der Waals surface area contributed by atoms with Crippen molar-refractivity contribution in [3.05, 3.63) is 24.2 Å². The summed E-state index contributed by atoms with van der Waals surface area (Å²) in [5.74, 6) is 1.75. The molecule has 1 N–H and O–H groups in total. The fourth-order valence-corrected chi connectivity index (χ4v) is 3.45. The van der Waals surface area contributed by atoms with Gasteiger partial charge in [0.25, 0.3) is 0 Å². The Hall–Kier alpha value is -0.800. The van der Waals surface area contributed by atoms with E-state index < -0.39 is 0 Å². The highest BCUT2D eigenvalue weighted by molar-refractivity contribution is 5.02. The zero-order valence-electron chi connectivity index (χ0n) is 12.9. The van der Waals surface area contributed by atoms with Gasteiger partial charge in [-0.1, -0.05) is 26.2 Å². The Bertz CT molecular complexity index is 344. The van der Waals surface area contributed by atoms with E-state index in [0.717, 1.165) is 25.3 Å². The van der Waals surface area contributed by atoms with Crippen LogP contribution in [-0.4, -0.2) is 25.3 Å². The van der Waals surface area contributed by atoms with Gasteiger partial charge in [-0.15, -0.1) is 0 Å².